The molecule has 0 radical (unpaired) electrons. The Morgan fingerprint density at radius 1 is 0.676 bits per heavy atom. The van der Waals surface area contributed by atoms with Crippen molar-refractivity contribution in [3.05, 3.63) is 51.1 Å². The zero-order valence-electron chi connectivity index (χ0n) is 45.4. The van der Waals surface area contributed by atoms with Crippen molar-refractivity contribution in [3.8, 4) is 17.2 Å². The first-order valence-electron chi connectivity index (χ1n) is 26.1. The van der Waals surface area contributed by atoms with Crippen LogP contribution in [-0.2, 0) is 28.6 Å². The lowest BCUT2D eigenvalue weighted by molar-refractivity contribution is -0.231. The van der Waals surface area contributed by atoms with Gasteiger partial charge in [0.2, 0.25) is 0 Å². The van der Waals surface area contributed by atoms with Gasteiger partial charge >= 0.3 is 17.9 Å². The highest BCUT2D eigenvalue weighted by atomic mass is 127. The molecule has 9 nitrogen and oxygen atoms in total. The lowest BCUT2D eigenvalue weighted by atomic mass is 9.47. The highest BCUT2D eigenvalue weighted by Crippen LogP contribution is 2.62. The van der Waals surface area contributed by atoms with Gasteiger partial charge in [0.05, 0.1) is 26.9 Å². The molecule has 0 aliphatic heterocycles. The van der Waals surface area contributed by atoms with Crippen molar-refractivity contribution in [2.45, 2.75) is 217 Å². The first-order chi connectivity index (χ1) is 31.6. The van der Waals surface area contributed by atoms with Crippen LogP contribution in [0.15, 0.2) is 36.4 Å². The van der Waals surface area contributed by atoms with Gasteiger partial charge in [-0.2, -0.15) is 0 Å². The van der Waals surface area contributed by atoms with Crippen molar-refractivity contribution in [1.29, 1.82) is 0 Å². The minimum Gasteiger partial charge on any atom is -0.508 e. The Bertz CT molecular complexity index is 1900. The number of aromatic hydroxyl groups is 2. The van der Waals surface area contributed by atoms with E-state index >= 15 is 0 Å². The summed E-state index contributed by atoms with van der Waals surface area (Å²) < 4.78 is 23.7. The summed E-state index contributed by atoms with van der Waals surface area (Å²) in [7, 11) is 1.52. The second-order valence-electron chi connectivity index (χ2n) is 23.2. The van der Waals surface area contributed by atoms with Crippen LogP contribution in [0.25, 0.3) is 0 Å². The second kappa shape index (κ2) is 24.9. The summed E-state index contributed by atoms with van der Waals surface area (Å²) >= 11 is 2.03. The third-order valence-corrected chi connectivity index (χ3v) is 17.7. The Kier molecular flexibility index (Phi) is 21.7. The zero-order valence-corrected chi connectivity index (χ0v) is 47.6. The average molecular weight is 1060 g/mol. The van der Waals surface area contributed by atoms with E-state index in [0.717, 1.165) is 49.5 Å². The molecule has 0 spiro atoms. The van der Waals surface area contributed by atoms with Crippen molar-refractivity contribution in [3.63, 3.8) is 0 Å². The van der Waals surface area contributed by atoms with Gasteiger partial charge in [0, 0.05) is 11.6 Å². The molecule has 68 heavy (non-hydrogen) atoms. The van der Waals surface area contributed by atoms with E-state index < -0.39 is 11.5 Å². The van der Waals surface area contributed by atoms with Crippen molar-refractivity contribution in [2.75, 3.05) is 7.11 Å². The van der Waals surface area contributed by atoms with E-state index in [9.17, 15) is 19.5 Å². The van der Waals surface area contributed by atoms with E-state index in [1.807, 2.05) is 90.1 Å². The summed E-state index contributed by atoms with van der Waals surface area (Å²) in [5.41, 5.74) is 0.493. The van der Waals surface area contributed by atoms with Crippen molar-refractivity contribution in [1.82, 2.24) is 0 Å². The SMILES string of the molecule is CCC(C)(C)C(=O)OC(C)c1cc(I)c(O)cc1OC.CCC(C)(C)C(=O)OC1(C(C)C)C2CC3CC(C2)CC1C3.CCC(C)(C)C(=O)OC1(C(C)C)CCCC1.CCC(C)c1ccc(O)cc1. The highest BCUT2D eigenvalue weighted by Gasteiger charge is 2.61. The molecule has 2 N–H and O–H groups in total. The van der Waals surface area contributed by atoms with E-state index in [1.54, 1.807) is 25.1 Å². The van der Waals surface area contributed by atoms with Crippen LogP contribution in [0.4, 0.5) is 0 Å². The summed E-state index contributed by atoms with van der Waals surface area (Å²) in [6.07, 6.45) is 14.2. The Morgan fingerprint density at radius 3 is 1.54 bits per heavy atom. The number of benzene rings is 2. The number of halogens is 1. The number of phenolic OH excluding ortho intramolecular Hbond substituents is 2. The topological polar surface area (TPSA) is 129 Å². The van der Waals surface area contributed by atoms with Crippen LogP contribution in [-0.4, -0.2) is 46.4 Å². The van der Waals surface area contributed by atoms with Crippen LogP contribution < -0.4 is 4.74 Å². The number of esters is 3. The molecule has 386 valence electrons. The van der Waals surface area contributed by atoms with Crippen molar-refractivity contribution >= 4 is 40.5 Å². The minimum absolute atomic E-state index is 0.0226. The monoisotopic (exact) mass is 1060 g/mol. The van der Waals surface area contributed by atoms with Gasteiger partial charge in [0.15, 0.2) is 0 Å². The summed E-state index contributed by atoms with van der Waals surface area (Å²) in [6, 6.07) is 10.7. The number of phenols is 2. The molecule has 5 aliphatic rings. The van der Waals surface area contributed by atoms with Gasteiger partial charge in [-0.3, -0.25) is 14.4 Å². The zero-order chi connectivity index (χ0) is 51.6. The Hall–Kier alpha value is -3.02. The summed E-state index contributed by atoms with van der Waals surface area (Å²) in [5, 5.41) is 18.7. The number of rotatable bonds is 15. The molecular formula is C58H93IO9. The fraction of sp³-hybridized carbons (Fsp3) is 0.741. The Morgan fingerprint density at radius 2 is 1.13 bits per heavy atom. The van der Waals surface area contributed by atoms with E-state index in [0.29, 0.717) is 51.1 Å². The van der Waals surface area contributed by atoms with Crippen LogP contribution in [0, 0.1) is 55.3 Å². The second-order valence-corrected chi connectivity index (χ2v) is 24.4. The van der Waals surface area contributed by atoms with Crippen LogP contribution >= 0.6 is 22.6 Å². The highest BCUT2D eigenvalue weighted by molar-refractivity contribution is 14.1. The van der Waals surface area contributed by atoms with Gasteiger partial charge in [0.1, 0.15) is 34.6 Å². The molecule has 0 aromatic heterocycles. The van der Waals surface area contributed by atoms with Gasteiger partial charge < -0.3 is 29.2 Å². The number of carbonyl (C=O) groups is 3. The van der Waals surface area contributed by atoms with E-state index in [2.05, 4.69) is 48.5 Å². The third-order valence-electron chi connectivity index (χ3n) is 16.8. The molecule has 10 heteroatoms. The number of hydrogen-bond donors (Lipinski definition) is 2. The van der Waals surface area contributed by atoms with E-state index in [-0.39, 0.29) is 45.7 Å². The molecule has 7 rings (SSSR count). The number of hydrogen-bond acceptors (Lipinski definition) is 9. The Labute approximate surface area is 426 Å². The number of methoxy groups -OCH3 is 1. The third kappa shape index (κ3) is 14.5. The molecule has 0 amide bonds. The maximum atomic E-state index is 12.8. The number of ether oxygens (including phenoxy) is 4. The minimum atomic E-state index is -0.508. The van der Waals surface area contributed by atoms with Gasteiger partial charge in [-0.1, -0.05) is 74.4 Å². The van der Waals surface area contributed by atoms with Gasteiger partial charge in [-0.05, 0) is 220 Å². The smallest absolute Gasteiger partial charge is 0.312 e. The lowest BCUT2D eigenvalue weighted by Gasteiger charge is -2.62. The maximum Gasteiger partial charge on any atom is 0.312 e. The summed E-state index contributed by atoms with van der Waals surface area (Å²) in [4.78, 5) is 37.0. The molecule has 0 heterocycles. The van der Waals surface area contributed by atoms with Crippen LogP contribution in [0.1, 0.15) is 217 Å². The fourth-order valence-electron chi connectivity index (χ4n) is 10.4. The molecule has 2 aromatic rings. The molecule has 2 aromatic carbocycles. The standard InChI is InChI=1S/C19H32O2.C15H21IO4.C14H26O2.C10H14O/c1-6-18(4,5)17(20)21-19(12(2)3)15-8-13-7-14(10-15)11-16(19)9-13;1-6-15(3,4)14(18)20-9(2)10-7-11(16)12(17)8-13(10)19-5;1-6-13(4,5)12(15)16-14(11(2)3)9-7-8-10-14;1-3-8(2)9-4-6-10(11)7-5-9/h12-16H,6-11H2,1-5H3;7-9,17H,6H2,1-5H3;11H,6-10H2,1-5H3;4-8,11H,3H2,1-2H3. The van der Waals surface area contributed by atoms with Crippen LogP contribution in [0.5, 0.6) is 17.2 Å². The van der Waals surface area contributed by atoms with Crippen LogP contribution in [0.2, 0.25) is 0 Å². The average Bonchev–Trinajstić information content (AvgIpc) is 3.78. The van der Waals surface area contributed by atoms with Gasteiger partial charge in [-0.25, -0.2) is 0 Å². The molecule has 2 atom stereocenters. The molecule has 2 unspecified atom stereocenters. The van der Waals surface area contributed by atoms with Crippen molar-refractivity contribution < 1.29 is 43.5 Å². The number of carbonyl (C=O) groups excluding carboxylic acids is 3. The fourth-order valence-corrected chi connectivity index (χ4v) is 10.9. The Balaban J connectivity index is 0.000000246. The summed E-state index contributed by atoms with van der Waals surface area (Å²) in [5.74, 6) is 5.29. The predicted octanol–water partition coefficient (Wildman–Crippen LogP) is 15.7. The van der Waals surface area contributed by atoms with E-state index in [4.69, 9.17) is 24.1 Å². The molecule has 5 aliphatic carbocycles. The molecule has 5 fully saturated rings. The summed E-state index contributed by atoms with van der Waals surface area (Å²) in [6.45, 7) is 32.8. The molecular weight excluding hydrogens is 968 g/mol. The van der Waals surface area contributed by atoms with Crippen LogP contribution in [0.3, 0.4) is 0 Å². The molecule has 0 saturated heterocycles. The maximum absolute atomic E-state index is 12.8. The first-order valence-corrected chi connectivity index (χ1v) is 27.2. The van der Waals surface area contributed by atoms with E-state index in [1.165, 1.54) is 63.7 Å². The first kappa shape index (κ1) is 59.3. The van der Waals surface area contributed by atoms with Gasteiger partial charge in [-0.15, -0.1) is 0 Å². The largest absolute Gasteiger partial charge is 0.508 e. The quantitative estimate of drug-likeness (QED) is 0.102. The molecule has 5 saturated carbocycles. The van der Waals surface area contributed by atoms with Gasteiger partial charge in [0.25, 0.3) is 0 Å². The normalized spacial score (nSPS) is 23.5. The van der Waals surface area contributed by atoms with Crippen molar-refractivity contribution in [2.24, 2.45) is 51.8 Å². The lowest BCUT2D eigenvalue weighted by Crippen LogP contribution is -2.63. The molecule has 4 bridgehead atoms. The predicted molar refractivity (Wildman–Crippen MR) is 284 cm³/mol.